The number of halogens is 3. The molecule has 0 bridgehead atoms. The number of amides is 2. The summed E-state index contributed by atoms with van der Waals surface area (Å²) in [6.07, 6.45) is 0.446. The summed E-state index contributed by atoms with van der Waals surface area (Å²) in [7, 11) is 1.57. The number of likely N-dealkylation sites (N-methyl/N-ethyl adjacent to an activating group) is 1. The summed E-state index contributed by atoms with van der Waals surface area (Å²) in [5.74, 6) is -0.462. The Labute approximate surface area is 203 Å². The zero-order chi connectivity index (χ0) is 23.1. The van der Waals surface area contributed by atoms with E-state index < -0.39 is 6.04 Å². The predicted molar refractivity (Wildman–Crippen MR) is 130 cm³/mol. The first-order valence-corrected chi connectivity index (χ1v) is 11.2. The van der Waals surface area contributed by atoms with Gasteiger partial charge in [-0.2, -0.15) is 0 Å². The molecule has 0 fully saturated rings. The zero-order valence-electron chi connectivity index (χ0n) is 17.5. The van der Waals surface area contributed by atoms with E-state index >= 15 is 0 Å². The number of nitrogens with zero attached hydrogens (tertiary/aromatic N) is 1. The minimum absolute atomic E-state index is 0.0730. The lowest BCUT2D eigenvalue weighted by molar-refractivity contribution is -0.140. The van der Waals surface area contributed by atoms with E-state index in [4.69, 9.17) is 34.8 Å². The molecule has 4 nitrogen and oxygen atoms in total. The van der Waals surface area contributed by atoms with Gasteiger partial charge in [-0.25, -0.2) is 0 Å². The second-order valence-corrected chi connectivity index (χ2v) is 8.58. The summed E-state index contributed by atoms with van der Waals surface area (Å²) in [5, 5.41) is 4.03. The van der Waals surface area contributed by atoms with Crippen LogP contribution in [0.25, 0.3) is 0 Å². The Balaban J connectivity index is 1.96. The monoisotopic (exact) mass is 488 g/mol. The molecule has 0 saturated heterocycles. The molecule has 3 rings (SSSR count). The predicted octanol–water partition coefficient (Wildman–Crippen LogP) is 5.58. The normalized spacial score (nSPS) is 11.6. The van der Waals surface area contributed by atoms with Gasteiger partial charge in [-0.15, -0.1) is 0 Å². The first-order valence-electron chi connectivity index (χ1n) is 10.1. The van der Waals surface area contributed by atoms with Crippen LogP contribution < -0.4 is 5.32 Å². The summed E-state index contributed by atoms with van der Waals surface area (Å²) in [4.78, 5) is 28.0. The fourth-order valence-corrected chi connectivity index (χ4v) is 3.97. The summed E-state index contributed by atoms with van der Waals surface area (Å²) in [6, 6.07) is 21.3. The summed E-state index contributed by atoms with van der Waals surface area (Å²) >= 11 is 18.5. The molecule has 166 valence electrons. The molecule has 0 aliphatic heterocycles. The molecule has 3 aromatic rings. The summed E-state index contributed by atoms with van der Waals surface area (Å²) in [5.41, 5.74) is 2.43. The number of hydrogen-bond acceptors (Lipinski definition) is 2. The van der Waals surface area contributed by atoms with E-state index in [-0.39, 0.29) is 24.8 Å². The van der Waals surface area contributed by atoms with Crippen molar-refractivity contribution in [2.75, 3.05) is 7.05 Å². The largest absolute Gasteiger partial charge is 0.357 e. The van der Waals surface area contributed by atoms with E-state index in [1.54, 1.807) is 36.2 Å². The molecule has 7 heteroatoms. The van der Waals surface area contributed by atoms with E-state index in [1.165, 1.54) is 0 Å². The highest BCUT2D eigenvalue weighted by Gasteiger charge is 2.30. The minimum atomic E-state index is -0.714. The van der Waals surface area contributed by atoms with Crippen LogP contribution >= 0.6 is 34.8 Å². The number of carbonyl (C=O) groups is 2. The van der Waals surface area contributed by atoms with Crippen LogP contribution in [0, 0.1) is 0 Å². The third kappa shape index (κ3) is 6.26. The number of hydrogen-bond donors (Lipinski definition) is 1. The first kappa shape index (κ1) is 24.1. The molecule has 0 aliphatic carbocycles. The third-order valence-electron chi connectivity index (χ3n) is 5.16. The minimum Gasteiger partial charge on any atom is -0.357 e. The van der Waals surface area contributed by atoms with Gasteiger partial charge in [0.15, 0.2) is 0 Å². The second-order valence-electron chi connectivity index (χ2n) is 7.36. The van der Waals surface area contributed by atoms with E-state index in [2.05, 4.69) is 5.32 Å². The molecular formula is C25H23Cl3N2O2. The fourth-order valence-electron chi connectivity index (χ4n) is 3.46. The number of nitrogens with one attached hydrogen (secondary N) is 1. The van der Waals surface area contributed by atoms with Crippen molar-refractivity contribution in [3.05, 3.63) is 105 Å². The second kappa shape index (κ2) is 11.4. The van der Waals surface area contributed by atoms with Gasteiger partial charge in [-0.3, -0.25) is 9.59 Å². The Morgan fingerprint density at radius 2 is 1.53 bits per heavy atom. The Bertz CT molecular complexity index is 1090. The lowest BCUT2D eigenvalue weighted by Crippen LogP contribution is -2.50. The van der Waals surface area contributed by atoms with Crippen molar-refractivity contribution in [1.29, 1.82) is 0 Å². The molecule has 3 aromatic carbocycles. The van der Waals surface area contributed by atoms with Gasteiger partial charge in [0.2, 0.25) is 11.8 Å². The smallest absolute Gasteiger partial charge is 0.242 e. The summed E-state index contributed by atoms with van der Waals surface area (Å²) < 4.78 is 0. The first-order chi connectivity index (χ1) is 15.4. The number of rotatable bonds is 8. The Kier molecular flexibility index (Phi) is 8.57. The van der Waals surface area contributed by atoms with Crippen molar-refractivity contribution < 1.29 is 9.59 Å². The van der Waals surface area contributed by atoms with Gasteiger partial charge in [-0.1, -0.05) is 89.4 Å². The molecule has 0 saturated carbocycles. The molecule has 1 N–H and O–H groups in total. The van der Waals surface area contributed by atoms with Crippen LogP contribution in [0.1, 0.15) is 16.7 Å². The quantitative estimate of drug-likeness (QED) is 0.449. The van der Waals surface area contributed by atoms with Crippen molar-refractivity contribution in [1.82, 2.24) is 10.2 Å². The maximum Gasteiger partial charge on any atom is 0.242 e. The van der Waals surface area contributed by atoms with E-state index in [0.29, 0.717) is 27.1 Å². The lowest BCUT2D eigenvalue weighted by atomic mass is 10.0. The maximum absolute atomic E-state index is 13.5. The van der Waals surface area contributed by atoms with Gasteiger partial charge >= 0.3 is 0 Å². The van der Waals surface area contributed by atoms with Crippen LogP contribution in [0.3, 0.4) is 0 Å². The molecule has 32 heavy (non-hydrogen) atoms. The Morgan fingerprint density at radius 3 is 2.19 bits per heavy atom. The highest BCUT2D eigenvalue weighted by Crippen LogP contribution is 2.25. The number of benzene rings is 3. The Hall–Kier alpha value is -2.53. The van der Waals surface area contributed by atoms with Crippen molar-refractivity contribution in [2.24, 2.45) is 0 Å². The van der Waals surface area contributed by atoms with Crippen LogP contribution in [0.15, 0.2) is 72.8 Å². The van der Waals surface area contributed by atoms with Crippen molar-refractivity contribution in [2.45, 2.75) is 25.4 Å². The molecule has 0 heterocycles. The Morgan fingerprint density at radius 1 is 0.844 bits per heavy atom. The molecule has 0 aromatic heterocycles. The topological polar surface area (TPSA) is 49.4 Å². The molecule has 1 atom stereocenters. The summed E-state index contributed by atoms with van der Waals surface area (Å²) in [6.45, 7) is 0.199. The highest BCUT2D eigenvalue weighted by molar-refractivity contribution is 6.42. The molecular weight excluding hydrogens is 467 g/mol. The standard InChI is InChI=1S/C25H23Cl3N2O2/c1-29-25(32)23(14-17-7-3-2-4-8-17)30(16-19-9-5-6-10-20(19)26)24(31)15-18-11-12-21(27)22(28)13-18/h2-13,23H,14-16H2,1H3,(H,29,32)/t23-/m0/s1. The van der Waals surface area contributed by atoms with E-state index in [1.807, 2.05) is 48.5 Å². The highest BCUT2D eigenvalue weighted by atomic mass is 35.5. The average Bonchev–Trinajstić information content (AvgIpc) is 2.80. The molecule has 0 radical (unpaired) electrons. The zero-order valence-corrected chi connectivity index (χ0v) is 19.8. The van der Waals surface area contributed by atoms with E-state index in [0.717, 1.165) is 11.1 Å². The van der Waals surface area contributed by atoms with Crippen LogP contribution in [0.5, 0.6) is 0 Å². The van der Waals surface area contributed by atoms with Crippen molar-refractivity contribution in [3.63, 3.8) is 0 Å². The maximum atomic E-state index is 13.5. The molecule has 0 unspecified atom stereocenters. The SMILES string of the molecule is CNC(=O)[C@H](Cc1ccccc1)N(Cc1ccccc1Cl)C(=O)Cc1ccc(Cl)c(Cl)c1. The molecule has 0 spiro atoms. The average molecular weight is 490 g/mol. The van der Waals surface area contributed by atoms with Gasteiger partial charge in [0.05, 0.1) is 16.5 Å². The van der Waals surface area contributed by atoms with Gasteiger partial charge in [0.25, 0.3) is 0 Å². The van der Waals surface area contributed by atoms with Crippen LogP contribution in [-0.2, 0) is 29.0 Å². The van der Waals surface area contributed by atoms with Crippen LogP contribution in [-0.4, -0.2) is 29.8 Å². The lowest BCUT2D eigenvalue weighted by Gasteiger charge is -2.31. The number of carbonyl (C=O) groups excluding carboxylic acids is 2. The van der Waals surface area contributed by atoms with E-state index in [9.17, 15) is 9.59 Å². The molecule has 0 aliphatic rings. The third-order valence-corrected chi connectivity index (χ3v) is 6.26. The molecule has 2 amide bonds. The van der Waals surface area contributed by atoms with Gasteiger partial charge in [0, 0.05) is 25.0 Å². The van der Waals surface area contributed by atoms with Gasteiger partial charge < -0.3 is 10.2 Å². The fraction of sp³-hybridized carbons (Fsp3) is 0.200. The van der Waals surface area contributed by atoms with Crippen molar-refractivity contribution in [3.8, 4) is 0 Å². The van der Waals surface area contributed by atoms with Crippen LogP contribution in [0.2, 0.25) is 15.1 Å². The van der Waals surface area contributed by atoms with Crippen LogP contribution in [0.4, 0.5) is 0 Å². The van der Waals surface area contributed by atoms with Crippen molar-refractivity contribution >= 4 is 46.6 Å². The van der Waals surface area contributed by atoms with Gasteiger partial charge in [0.1, 0.15) is 6.04 Å². The van der Waals surface area contributed by atoms with Gasteiger partial charge in [-0.05, 0) is 34.9 Å².